The van der Waals surface area contributed by atoms with Crippen LogP contribution in [0.2, 0.25) is 0 Å². The fourth-order valence-corrected chi connectivity index (χ4v) is 5.30. The number of aromatic nitrogens is 4. The number of amides is 2. The van der Waals surface area contributed by atoms with Crippen LogP contribution >= 0.6 is 23.5 Å². The predicted molar refractivity (Wildman–Crippen MR) is 148 cm³/mol. The maximum absolute atomic E-state index is 11.5. The number of para-hydroxylation sites is 4. The van der Waals surface area contributed by atoms with E-state index in [4.69, 9.17) is 0 Å². The van der Waals surface area contributed by atoms with Crippen molar-refractivity contribution in [1.29, 1.82) is 0 Å². The number of thioether (sulfide) groups is 2. The van der Waals surface area contributed by atoms with Gasteiger partial charge >= 0.3 is 19.5 Å². The van der Waals surface area contributed by atoms with E-state index >= 15 is 0 Å². The first-order valence-electron chi connectivity index (χ1n) is 12.4. The van der Waals surface area contributed by atoms with Gasteiger partial charge in [-0.25, -0.2) is 9.97 Å². The number of carboxylic acid groups (broad SMARTS) is 2. The zero-order chi connectivity index (χ0) is 29.1. The Morgan fingerprint density at radius 2 is 1.10 bits per heavy atom. The predicted octanol–water partition coefficient (Wildman–Crippen LogP) is 0.597. The van der Waals surface area contributed by atoms with Crippen LogP contribution in [0.25, 0.3) is 22.1 Å². The minimum atomic E-state index is -1.28. The van der Waals surface area contributed by atoms with Crippen LogP contribution in [0.1, 0.15) is 26.7 Å². The summed E-state index contributed by atoms with van der Waals surface area (Å²) in [4.78, 5) is 59.7. The molecule has 4 aromatic rings. The van der Waals surface area contributed by atoms with Crippen LogP contribution in [0.4, 0.5) is 0 Å². The van der Waals surface area contributed by atoms with E-state index in [0.717, 1.165) is 45.6 Å². The number of rotatable bonds is 12. The molecule has 2 aromatic heterocycles. The van der Waals surface area contributed by atoms with Gasteiger partial charge in [0, 0.05) is 25.9 Å². The van der Waals surface area contributed by atoms with Gasteiger partial charge in [0.15, 0.2) is 10.3 Å². The average Bonchev–Trinajstić information content (AvgIpc) is 3.51. The molecule has 2 aromatic carbocycles. The molecule has 2 atom stereocenters. The van der Waals surface area contributed by atoms with Gasteiger partial charge in [-0.2, -0.15) is 0 Å². The Kier molecular flexibility index (Phi) is 13.8. The van der Waals surface area contributed by atoms with Crippen molar-refractivity contribution in [1.82, 2.24) is 30.6 Å². The van der Waals surface area contributed by atoms with Crippen LogP contribution in [0.5, 0.6) is 0 Å². The van der Waals surface area contributed by atoms with Gasteiger partial charge in [-0.05, 0) is 38.1 Å². The van der Waals surface area contributed by atoms with Gasteiger partial charge in [-0.15, -0.1) is 0 Å². The van der Waals surface area contributed by atoms with Crippen LogP contribution in [-0.4, -0.2) is 67.3 Å². The number of H-pyrrole nitrogens is 2. The molecular weight excluding hydrogens is 622 g/mol. The van der Waals surface area contributed by atoms with E-state index in [2.05, 4.69) is 30.6 Å². The van der Waals surface area contributed by atoms with Crippen molar-refractivity contribution >= 4 is 69.3 Å². The molecule has 12 nitrogen and oxygen atoms in total. The second-order valence-corrected chi connectivity index (χ2v) is 10.7. The van der Waals surface area contributed by atoms with Gasteiger partial charge in [0.1, 0.15) is 0 Å². The van der Waals surface area contributed by atoms with Gasteiger partial charge in [0.2, 0.25) is 11.8 Å². The van der Waals surface area contributed by atoms with Gasteiger partial charge in [0.25, 0.3) is 0 Å². The topological polar surface area (TPSA) is 196 Å². The molecule has 0 radical (unpaired) electrons. The summed E-state index contributed by atoms with van der Waals surface area (Å²) in [5.74, 6) is -3.18. The second kappa shape index (κ2) is 16.8. The molecule has 0 fully saturated rings. The zero-order valence-corrected chi connectivity index (χ0v) is 27.1. The summed E-state index contributed by atoms with van der Waals surface area (Å²) in [6.07, 6.45) is -0.282. The smallest absolute Gasteiger partial charge is 0.549 e. The van der Waals surface area contributed by atoms with E-state index in [1.807, 2.05) is 48.5 Å². The van der Waals surface area contributed by atoms with Crippen molar-refractivity contribution in [2.75, 3.05) is 13.1 Å². The summed E-state index contributed by atoms with van der Waals surface area (Å²) in [7, 11) is 0. The number of benzene rings is 2. The molecule has 15 heteroatoms. The molecular formula is C26H28N6O6S2Zn. The zero-order valence-electron chi connectivity index (χ0n) is 22.5. The van der Waals surface area contributed by atoms with Crippen molar-refractivity contribution in [2.24, 2.45) is 0 Å². The Morgan fingerprint density at radius 1 is 0.732 bits per heavy atom. The fourth-order valence-electron chi connectivity index (χ4n) is 3.46. The molecule has 0 saturated carbocycles. The van der Waals surface area contributed by atoms with E-state index in [1.165, 1.54) is 0 Å². The van der Waals surface area contributed by atoms with Crippen LogP contribution in [0.15, 0.2) is 58.8 Å². The maximum Gasteiger partial charge on any atom is 2.00 e. The number of hydrogen-bond acceptors (Lipinski definition) is 10. The summed E-state index contributed by atoms with van der Waals surface area (Å²) in [6, 6.07) is 14.8. The third-order valence-electron chi connectivity index (χ3n) is 5.26. The first-order valence-corrected chi connectivity index (χ1v) is 14.1. The molecule has 2 amide bonds. The van der Waals surface area contributed by atoms with E-state index < -0.39 is 22.4 Å². The second-order valence-electron chi connectivity index (χ2n) is 8.28. The van der Waals surface area contributed by atoms with Crippen LogP contribution in [-0.2, 0) is 38.7 Å². The number of carbonyl (C=O) groups is 4. The van der Waals surface area contributed by atoms with Crippen LogP contribution < -0.4 is 20.8 Å². The quantitative estimate of drug-likeness (QED) is 0.125. The number of aliphatic carboxylic acids is 2. The minimum Gasteiger partial charge on any atom is -0.549 e. The van der Waals surface area contributed by atoms with Crippen molar-refractivity contribution in [3.8, 4) is 0 Å². The Hall–Kier alpha value is -3.42. The normalized spacial score (nSPS) is 12.0. The Morgan fingerprint density at radius 3 is 1.41 bits per heavy atom. The van der Waals surface area contributed by atoms with Gasteiger partial charge in [-0.1, -0.05) is 47.8 Å². The molecule has 212 valence electrons. The van der Waals surface area contributed by atoms with Gasteiger partial charge in [0.05, 0.1) is 44.5 Å². The maximum atomic E-state index is 11.5. The minimum absolute atomic E-state index is 0. The van der Waals surface area contributed by atoms with E-state index in [-0.39, 0.29) is 44.1 Å². The number of carbonyl (C=O) groups excluding carboxylic acids is 4. The summed E-state index contributed by atoms with van der Waals surface area (Å²) >= 11 is 1.97. The Balaban J connectivity index is 0.000000280. The number of carboxylic acids is 2. The van der Waals surface area contributed by atoms with Crippen LogP contribution in [0, 0.1) is 0 Å². The molecule has 4 rings (SSSR count). The molecule has 0 aliphatic heterocycles. The number of hydrogen-bond donors (Lipinski definition) is 4. The Bertz CT molecular complexity index is 1300. The number of fused-ring (bicyclic) bond motifs is 2. The van der Waals surface area contributed by atoms with Crippen molar-refractivity contribution in [3.63, 3.8) is 0 Å². The van der Waals surface area contributed by atoms with Crippen molar-refractivity contribution in [2.45, 2.75) is 47.5 Å². The summed E-state index contributed by atoms with van der Waals surface area (Å²) in [6.45, 7) is 4.48. The molecule has 0 saturated heterocycles. The summed E-state index contributed by atoms with van der Waals surface area (Å²) in [5, 5.41) is 26.3. The molecule has 0 bridgehead atoms. The monoisotopic (exact) mass is 648 g/mol. The van der Waals surface area contributed by atoms with Gasteiger partial charge in [-0.3, -0.25) is 9.59 Å². The largest absolute Gasteiger partial charge is 2.00 e. The average molecular weight is 650 g/mol. The van der Waals surface area contributed by atoms with E-state index in [9.17, 15) is 29.4 Å². The molecule has 41 heavy (non-hydrogen) atoms. The molecule has 0 aliphatic carbocycles. The first-order chi connectivity index (χ1) is 19.2. The van der Waals surface area contributed by atoms with E-state index in [1.54, 1.807) is 13.8 Å². The fraction of sp³-hybridized carbons (Fsp3) is 0.308. The van der Waals surface area contributed by atoms with E-state index in [0.29, 0.717) is 23.4 Å². The third kappa shape index (κ3) is 10.5. The van der Waals surface area contributed by atoms with Crippen molar-refractivity contribution < 1.29 is 48.9 Å². The SMILES string of the molecule is CCNC(=O)CC(Sc1nc2ccccc2[nH]1)C(=O)[O-].CCNC(=O)CC(Sc1nc2ccccc2[nH]1)C(=O)[O-].[Zn+2]. The molecule has 2 unspecified atom stereocenters. The van der Waals surface area contributed by atoms with Gasteiger partial charge < -0.3 is 40.4 Å². The summed E-state index contributed by atoms with van der Waals surface area (Å²) < 4.78 is 0. The van der Waals surface area contributed by atoms with Crippen molar-refractivity contribution in [3.05, 3.63) is 48.5 Å². The molecule has 4 N–H and O–H groups in total. The molecule has 0 spiro atoms. The third-order valence-corrected chi connectivity index (χ3v) is 7.38. The Labute approximate surface area is 257 Å². The number of aromatic amines is 2. The first kappa shape index (κ1) is 33.8. The molecule has 2 heterocycles. The number of nitrogens with one attached hydrogen (secondary N) is 4. The number of imidazole rings is 2. The summed E-state index contributed by atoms with van der Waals surface area (Å²) in [5.41, 5.74) is 3.16. The van der Waals surface area contributed by atoms with Crippen LogP contribution in [0.3, 0.4) is 0 Å². The molecule has 0 aliphatic rings. The number of nitrogens with zero attached hydrogens (tertiary/aromatic N) is 2. The standard InChI is InChI=1S/2C13H15N3O3S.Zn/c2*1-2-14-11(17)7-10(12(18)19)20-13-15-8-5-3-4-6-9(8)16-13;/h2*3-6,10H,2,7H2,1H3,(H,14,17)(H,15,16)(H,18,19);/q;;+2/p-2.